The van der Waals surface area contributed by atoms with Gasteiger partial charge in [0.05, 0.1) is 15.7 Å². The second kappa shape index (κ2) is 15.7. The SMILES string of the molecule is CC1CCC(C(C)C)CC1.CN1C(=O)C(c2ccc(OCc3ccc(Cl)c(Cl)c3)cc2)Oc2cc3c(cc21)CC(C(=O)O)NC3.Cl. The maximum absolute atomic E-state index is 13.1. The van der Waals surface area contributed by atoms with Crippen molar-refractivity contribution in [1.82, 2.24) is 5.32 Å². The lowest BCUT2D eigenvalue weighted by Crippen LogP contribution is -2.42. The van der Waals surface area contributed by atoms with Crippen molar-refractivity contribution in [3.05, 3.63) is 86.9 Å². The summed E-state index contributed by atoms with van der Waals surface area (Å²) < 4.78 is 12.0. The largest absolute Gasteiger partial charge is 0.489 e. The minimum Gasteiger partial charge on any atom is -0.489 e. The van der Waals surface area contributed by atoms with Gasteiger partial charge in [-0.05, 0) is 90.1 Å². The van der Waals surface area contributed by atoms with Crippen LogP contribution >= 0.6 is 35.6 Å². The van der Waals surface area contributed by atoms with Crippen LogP contribution in [0.2, 0.25) is 10.0 Å². The molecule has 2 unspecified atom stereocenters. The number of carbonyl (C=O) groups is 2. The number of ether oxygens (including phenoxy) is 2. The molecule has 1 fully saturated rings. The standard InChI is InChI=1S/C26H22Cl2N2O5.C10H20.ClH/c1-30-22-10-16-9-21(26(32)33)29-12-17(16)11-23(22)35-24(25(30)31)15-3-5-18(6-4-15)34-13-14-2-7-19(27)20(28)8-14;1-8(2)10-6-4-9(3)5-7-10;/h2-8,10-11,21,24,29H,9,12-13H2,1H3,(H,32,33);8-10H,4-7H2,1-3H3;1H. The molecular weight excluding hydrogens is 647 g/mol. The molecule has 46 heavy (non-hydrogen) atoms. The Labute approximate surface area is 288 Å². The van der Waals surface area contributed by atoms with E-state index in [1.54, 1.807) is 36.2 Å². The van der Waals surface area contributed by atoms with Crippen molar-refractivity contribution in [2.75, 3.05) is 11.9 Å². The zero-order valence-corrected chi connectivity index (χ0v) is 29.1. The fourth-order valence-corrected chi connectivity index (χ4v) is 6.56. The number of anilines is 1. The van der Waals surface area contributed by atoms with Crippen molar-refractivity contribution in [1.29, 1.82) is 0 Å². The van der Waals surface area contributed by atoms with Gasteiger partial charge in [0.2, 0.25) is 6.10 Å². The van der Waals surface area contributed by atoms with E-state index in [2.05, 4.69) is 26.1 Å². The molecule has 3 aromatic carbocycles. The first-order chi connectivity index (χ1) is 21.5. The third-order valence-corrected chi connectivity index (χ3v) is 10.0. The minimum absolute atomic E-state index is 0. The van der Waals surface area contributed by atoms with Crippen LogP contribution in [0, 0.1) is 17.8 Å². The number of nitrogens with one attached hydrogen (secondary N) is 1. The highest BCUT2D eigenvalue weighted by Crippen LogP contribution is 2.41. The maximum Gasteiger partial charge on any atom is 0.321 e. The number of hydrogen-bond acceptors (Lipinski definition) is 5. The molecule has 6 rings (SSSR count). The highest BCUT2D eigenvalue weighted by atomic mass is 35.5. The van der Waals surface area contributed by atoms with E-state index in [1.807, 2.05) is 30.3 Å². The minimum atomic E-state index is -0.890. The normalized spacial score (nSPS) is 22.0. The molecule has 7 nitrogen and oxygen atoms in total. The third-order valence-electron chi connectivity index (χ3n) is 9.28. The number of carboxylic acid groups (broad SMARTS) is 1. The monoisotopic (exact) mass is 688 g/mol. The lowest BCUT2D eigenvalue weighted by molar-refractivity contribution is -0.139. The Balaban J connectivity index is 0.000000375. The number of halogens is 3. The Kier molecular flexibility index (Phi) is 12.3. The van der Waals surface area contributed by atoms with Crippen LogP contribution in [0.15, 0.2) is 54.6 Å². The summed E-state index contributed by atoms with van der Waals surface area (Å²) in [4.78, 5) is 26.1. The van der Waals surface area contributed by atoms with Crippen LogP contribution in [0.5, 0.6) is 11.5 Å². The molecule has 10 heteroatoms. The van der Waals surface area contributed by atoms with Crippen LogP contribution < -0.4 is 19.7 Å². The number of rotatable bonds is 6. The molecule has 3 aromatic rings. The Morgan fingerprint density at radius 2 is 1.72 bits per heavy atom. The first kappa shape index (κ1) is 35.9. The second-order valence-electron chi connectivity index (χ2n) is 12.8. The fraction of sp³-hybridized carbons (Fsp3) is 0.444. The number of likely N-dealkylation sites (N-methyl/N-ethyl adjacent to an activating group) is 1. The van der Waals surface area contributed by atoms with Crippen LogP contribution in [0.4, 0.5) is 5.69 Å². The Hall–Kier alpha value is -2.97. The summed E-state index contributed by atoms with van der Waals surface area (Å²) >= 11 is 12.0. The first-order valence-electron chi connectivity index (χ1n) is 15.7. The van der Waals surface area contributed by atoms with Gasteiger partial charge in [-0.15, -0.1) is 12.4 Å². The van der Waals surface area contributed by atoms with Gasteiger partial charge >= 0.3 is 5.97 Å². The van der Waals surface area contributed by atoms with Gasteiger partial charge in [0.15, 0.2) is 0 Å². The van der Waals surface area contributed by atoms with E-state index in [0.717, 1.165) is 34.4 Å². The van der Waals surface area contributed by atoms with E-state index in [0.29, 0.717) is 52.4 Å². The van der Waals surface area contributed by atoms with Crippen molar-refractivity contribution >= 4 is 53.2 Å². The zero-order chi connectivity index (χ0) is 32.2. The van der Waals surface area contributed by atoms with E-state index in [9.17, 15) is 14.7 Å². The smallest absolute Gasteiger partial charge is 0.321 e. The van der Waals surface area contributed by atoms with Crippen molar-refractivity contribution in [3.63, 3.8) is 0 Å². The number of fused-ring (bicyclic) bond motifs is 2. The summed E-state index contributed by atoms with van der Waals surface area (Å²) in [6.07, 6.45) is 5.48. The number of carboxylic acids is 1. The van der Waals surface area contributed by atoms with Crippen LogP contribution in [0.3, 0.4) is 0 Å². The van der Waals surface area contributed by atoms with Gasteiger partial charge in [-0.1, -0.05) is 75.0 Å². The topological polar surface area (TPSA) is 88.1 Å². The molecule has 2 aliphatic heterocycles. The third kappa shape index (κ3) is 8.48. The predicted octanol–water partition coefficient (Wildman–Crippen LogP) is 8.66. The summed E-state index contributed by atoms with van der Waals surface area (Å²) in [5.74, 6) is 3.11. The van der Waals surface area contributed by atoms with Crippen LogP contribution in [0.1, 0.15) is 74.8 Å². The van der Waals surface area contributed by atoms with E-state index in [4.69, 9.17) is 32.7 Å². The number of carbonyl (C=O) groups excluding carboxylic acids is 1. The first-order valence-corrected chi connectivity index (χ1v) is 16.5. The lowest BCUT2D eigenvalue weighted by atomic mass is 9.78. The van der Waals surface area contributed by atoms with Crippen molar-refractivity contribution < 1.29 is 24.2 Å². The molecule has 0 saturated heterocycles. The van der Waals surface area contributed by atoms with E-state index in [-0.39, 0.29) is 18.3 Å². The Bertz CT molecular complexity index is 1520. The van der Waals surface area contributed by atoms with E-state index in [1.165, 1.54) is 25.7 Å². The molecule has 3 aliphatic rings. The number of aliphatic carboxylic acids is 1. The van der Waals surface area contributed by atoms with Gasteiger partial charge in [-0.25, -0.2) is 0 Å². The fourth-order valence-electron chi connectivity index (χ4n) is 6.23. The average molecular weight is 690 g/mol. The molecule has 0 spiro atoms. The van der Waals surface area contributed by atoms with Crippen LogP contribution in [0.25, 0.3) is 0 Å². The summed E-state index contributed by atoms with van der Waals surface area (Å²) in [6, 6.07) is 15.6. The number of hydrogen-bond donors (Lipinski definition) is 2. The van der Waals surface area contributed by atoms with Gasteiger partial charge in [-0.3, -0.25) is 9.59 Å². The maximum atomic E-state index is 13.1. The molecule has 2 N–H and O–H groups in total. The van der Waals surface area contributed by atoms with Gasteiger partial charge in [-0.2, -0.15) is 0 Å². The quantitative estimate of drug-likeness (QED) is 0.269. The lowest BCUT2D eigenvalue weighted by Gasteiger charge is -2.34. The molecule has 0 aromatic heterocycles. The molecule has 248 valence electrons. The second-order valence-corrected chi connectivity index (χ2v) is 13.6. The summed E-state index contributed by atoms with van der Waals surface area (Å²) in [6.45, 7) is 7.86. The summed E-state index contributed by atoms with van der Waals surface area (Å²) in [7, 11) is 1.70. The van der Waals surface area contributed by atoms with Gasteiger partial charge < -0.3 is 24.8 Å². The van der Waals surface area contributed by atoms with Crippen LogP contribution in [-0.2, 0) is 29.2 Å². The molecule has 1 amide bonds. The predicted molar refractivity (Wildman–Crippen MR) is 186 cm³/mol. The summed E-state index contributed by atoms with van der Waals surface area (Å²) in [5.41, 5.74) is 4.10. The van der Waals surface area contributed by atoms with Crippen molar-refractivity contribution in [2.24, 2.45) is 17.8 Å². The highest BCUT2D eigenvalue weighted by molar-refractivity contribution is 6.42. The number of amides is 1. The molecule has 1 saturated carbocycles. The number of benzene rings is 3. The summed E-state index contributed by atoms with van der Waals surface area (Å²) in [5, 5.41) is 13.3. The molecule has 2 atom stereocenters. The molecule has 0 radical (unpaired) electrons. The number of nitrogens with zero attached hydrogens (tertiary/aromatic N) is 1. The zero-order valence-electron chi connectivity index (χ0n) is 26.7. The Morgan fingerprint density at radius 3 is 2.35 bits per heavy atom. The average Bonchev–Trinajstić information content (AvgIpc) is 3.03. The van der Waals surface area contributed by atoms with Crippen LogP contribution in [-0.4, -0.2) is 30.1 Å². The highest BCUT2D eigenvalue weighted by Gasteiger charge is 2.35. The van der Waals surface area contributed by atoms with E-state index < -0.39 is 18.1 Å². The van der Waals surface area contributed by atoms with Gasteiger partial charge in [0, 0.05) is 19.2 Å². The van der Waals surface area contributed by atoms with Crippen molar-refractivity contribution in [3.8, 4) is 11.5 Å². The Morgan fingerprint density at radius 1 is 1.02 bits per heavy atom. The molecule has 0 bridgehead atoms. The molecule has 1 aliphatic carbocycles. The van der Waals surface area contributed by atoms with Crippen molar-refractivity contribution in [2.45, 2.75) is 78.2 Å². The van der Waals surface area contributed by atoms with Gasteiger partial charge in [0.1, 0.15) is 24.1 Å². The van der Waals surface area contributed by atoms with E-state index >= 15 is 0 Å². The van der Waals surface area contributed by atoms with Gasteiger partial charge in [0.25, 0.3) is 5.91 Å². The molecule has 2 heterocycles. The molecular formula is C36H43Cl3N2O5.